The molecule has 0 unspecified atom stereocenters. The number of unbranched alkanes of at least 4 members (excludes halogenated alkanes) is 2. The van der Waals surface area contributed by atoms with Crippen LogP contribution in [0.1, 0.15) is 19.3 Å². The molecule has 0 saturated heterocycles. The molecule has 0 aromatic heterocycles. The normalized spacial score (nSPS) is 6.22. The van der Waals surface area contributed by atoms with Crippen LogP contribution in [0.25, 0.3) is 0 Å². The van der Waals surface area contributed by atoms with Gasteiger partial charge in [-0.1, -0.05) is 0 Å². The molecule has 4 heteroatoms. The zero-order valence-corrected chi connectivity index (χ0v) is 9.01. The summed E-state index contributed by atoms with van der Waals surface area (Å²) in [5.41, 5.74) is 0. The van der Waals surface area contributed by atoms with Crippen molar-refractivity contribution < 1.29 is 46.1 Å². The fourth-order valence-corrected chi connectivity index (χ4v) is 0.285. The van der Waals surface area contributed by atoms with Crippen molar-refractivity contribution in [3.05, 3.63) is 0 Å². The third kappa shape index (κ3) is 17.7. The first-order valence-electron chi connectivity index (χ1n) is 2.29. The van der Waals surface area contributed by atoms with Crippen molar-refractivity contribution in [3.8, 4) is 0 Å². The summed E-state index contributed by atoms with van der Waals surface area (Å²) in [7, 11) is 0. The molecule has 0 atom stereocenters. The second kappa shape index (κ2) is 15.8. The van der Waals surface area contributed by atoms with Crippen molar-refractivity contribution in [1.82, 2.24) is 0 Å². The molecule has 0 N–H and O–H groups in total. The molecular weight excluding hydrogens is 221 g/mol. The topological polar surface area (TPSA) is 34.1 Å². The van der Waals surface area contributed by atoms with Crippen LogP contribution >= 0.6 is 0 Å². The zero-order chi connectivity index (χ0) is 5.54. The van der Waals surface area contributed by atoms with Crippen molar-refractivity contribution in [2.24, 2.45) is 0 Å². The molecule has 0 spiro atoms. The van der Waals surface area contributed by atoms with E-state index in [1.807, 2.05) is 0 Å². The minimum atomic E-state index is 0. The third-order valence-electron chi connectivity index (χ3n) is 0.644. The van der Waals surface area contributed by atoms with Gasteiger partial charge in [0.15, 0.2) is 0 Å². The first-order chi connectivity index (χ1) is 3.41. The number of aldehydes is 2. The maximum absolute atomic E-state index is 9.56. The smallest absolute Gasteiger partial charge is 0.120 e. The van der Waals surface area contributed by atoms with Crippen molar-refractivity contribution in [3.63, 3.8) is 0 Å². The second-order valence-corrected chi connectivity index (χ2v) is 1.26. The van der Waals surface area contributed by atoms with Gasteiger partial charge in [0.1, 0.15) is 12.6 Å². The molecule has 0 rings (SSSR count). The Morgan fingerprint density at radius 2 is 1.33 bits per heavy atom. The summed E-state index contributed by atoms with van der Waals surface area (Å²) >= 11 is 0. The van der Waals surface area contributed by atoms with E-state index < -0.39 is 0 Å². The quantitative estimate of drug-likeness (QED) is 0.400. The molecule has 9 heavy (non-hydrogen) atoms. The Kier molecular flexibility index (Phi) is 28.5. The molecule has 0 aliphatic rings. The number of hydrogen-bond donors (Lipinski definition) is 0. The molecule has 1 radical (unpaired) electrons. The minimum absolute atomic E-state index is 0. The van der Waals surface area contributed by atoms with Gasteiger partial charge >= 0.3 is 0 Å². The zero-order valence-electron chi connectivity index (χ0n) is 5.10. The summed E-state index contributed by atoms with van der Waals surface area (Å²) in [6, 6.07) is 0. The van der Waals surface area contributed by atoms with Crippen LogP contribution in [0.3, 0.4) is 0 Å². The Labute approximate surface area is 78.0 Å². The van der Waals surface area contributed by atoms with Crippen LogP contribution in [0, 0.1) is 0 Å². The number of carbonyl (C=O) groups excluding carboxylic acids is 2. The Bertz CT molecular complexity index is 60.0. The molecule has 0 amide bonds. The van der Waals surface area contributed by atoms with Crippen LogP contribution in [-0.2, 0) is 46.1 Å². The van der Waals surface area contributed by atoms with Gasteiger partial charge in [-0.2, -0.15) is 0 Å². The van der Waals surface area contributed by atoms with Crippen LogP contribution in [0.2, 0.25) is 0 Å². The largest absolute Gasteiger partial charge is 0.303 e. The van der Waals surface area contributed by atoms with E-state index >= 15 is 0 Å². The average molecular weight is 229 g/mol. The van der Waals surface area contributed by atoms with E-state index in [2.05, 4.69) is 0 Å². The number of hydrogen-bond acceptors (Lipinski definition) is 2. The van der Waals surface area contributed by atoms with E-state index in [9.17, 15) is 9.59 Å². The van der Waals surface area contributed by atoms with E-state index in [1.165, 1.54) is 0 Å². The molecule has 2 nitrogen and oxygen atoms in total. The van der Waals surface area contributed by atoms with E-state index in [1.54, 1.807) is 0 Å². The first-order valence-corrected chi connectivity index (χ1v) is 2.29. The molecule has 0 aromatic carbocycles. The predicted octanol–water partition coefficient (Wildman–Crippen LogP) is 0.549. The molecule has 0 saturated carbocycles. The fraction of sp³-hybridized carbons (Fsp3) is 0.600. The van der Waals surface area contributed by atoms with Crippen molar-refractivity contribution in [2.75, 3.05) is 0 Å². The van der Waals surface area contributed by atoms with Gasteiger partial charge in [0.05, 0.1) is 0 Å². The van der Waals surface area contributed by atoms with Crippen LogP contribution in [0.5, 0.6) is 0 Å². The third-order valence-corrected chi connectivity index (χ3v) is 0.644. The predicted molar refractivity (Wildman–Crippen MR) is 26.0 cm³/mol. The second-order valence-electron chi connectivity index (χ2n) is 1.26. The van der Waals surface area contributed by atoms with Gasteiger partial charge in [-0.05, 0) is 6.42 Å². The van der Waals surface area contributed by atoms with E-state index in [0.29, 0.717) is 19.3 Å². The monoisotopic (exact) mass is 227 g/mol. The SMILES string of the molecule is O=CCCCC=O.[Cu].[Zn]. The summed E-state index contributed by atoms with van der Waals surface area (Å²) in [4.78, 5) is 19.1. The average Bonchev–Trinajstić information content (AvgIpc) is 1.69. The summed E-state index contributed by atoms with van der Waals surface area (Å²) < 4.78 is 0. The Morgan fingerprint density at radius 1 is 1.00 bits per heavy atom. The Hall–Kier alpha value is 0.483. The van der Waals surface area contributed by atoms with Crippen molar-refractivity contribution >= 4 is 12.6 Å². The van der Waals surface area contributed by atoms with E-state index in [4.69, 9.17) is 0 Å². The van der Waals surface area contributed by atoms with Gasteiger partial charge in [-0.15, -0.1) is 0 Å². The summed E-state index contributed by atoms with van der Waals surface area (Å²) in [6.45, 7) is 0. The van der Waals surface area contributed by atoms with Gasteiger partial charge in [0.2, 0.25) is 0 Å². The molecule has 0 heterocycles. The number of carbonyl (C=O) groups is 2. The fourth-order valence-electron chi connectivity index (χ4n) is 0.285. The van der Waals surface area contributed by atoms with Gasteiger partial charge in [0, 0.05) is 49.4 Å². The summed E-state index contributed by atoms with van der Waals surface area (Å²) in [5, 5.41) is 0. The molecule has 53 valence electrons. The van der Waals surface area contributed by atoms with E-state index in [-0.39, 0.29) is 36.5 Å². The van der Waals surface area contributed by atoms with E-state index in [0.717, 1.165) is 12.6 Å². The molecule has 0 fully saturated rings. The van der Waals surface area contributed by atoms with Gasteiger partial charge < -0.3 is 9.59 Å². The van der Waals surface area contributed by atoms with Gasteiger partial charge in [-0.3, -0.25) is 0 Å². The molecule has 0 aliphatic carbocycles. The number of rotatable bonds is 4. The van der Waals surface area contributed by atoms with Crippen LogP contribution in [0.4, 0.5) is 0 Å². The maximum Gasteiger partial charge on any atom is 0.120 e. The standard InChI is InChI=1S/C5H8O2.Cu.Zn/c6-4-2-1-3-5-7;;/h4-5H,1-3H2;;. The Balaban J connectivity index is -0.000000180. The van der Waals surface area contributed by atoms with Gasteiger partial charge in [0.25, 0.3) is 0 Å². The van der Waals surface area contributed by atoms with Crippen LogP contribution < -0.4 is 0 Å². The van der Waals surface area contributed by atoms with Crippen LogP contribution in [0.15, 0.2) is 0 Å². The van der Waals surface area contributed by atoms with Crippen LogP contribution in [-0.4, -0.2) is 12.6 Å². The maximum atomic E-state index is 9.56. The van der Waals surface area contributed by atoms with Crippen molar-refractivity contribution in [1.29, 1.82) is 0 Å². The molecule has 0 aromatic rings. The first kappa shape index (κ1) is 16.2. The van der Waals surface area contributed by atoms with Gasteiger partial charge in [-0.25, -0.2) is 0 Å². The summed E-state index contributed by atoms with van der Waals surface area (Å²) in [6.07, 6.45) is 3.37. The Morgan fingerprint density at radius 3 is 1.56 bits per heavy atom. The molecule has 0 aliphatic heterocycles. The van der Waals surface area contributed by atoms with Crippen molar-refractivity contribution in [2.45, 2.75) is 19.3 Å². The molecule has 0 bridgehead atoms. The minimum Gasteiger partial charge on any atom is -0.303 e. The molecular formula is C5H8CuO2Zn. The summed E-state index contributed by atoms with van der Waals surface area (Å²) in [5.74, 6) is 0.